The van der Waals surface area contributed by atoms with E-state index >= 15 is 0 Å². The minimum absolute atomic E-state index is 0.422. The van der Waals surface area contributed by atoms with Gasteiger partial charge in [-0.1, -0.05) is 26.0 Å². The summed E-state index contributed by atoms with van der Waals surface area (Å²) in [5.41, 5.74) is 7.78. The molecule has 0 unspecified atom stereocenters. The van der Waals surface area contributed by atoms with E-state index in [4.69, 9.17) is 5.73 Å². The van der Waals surface area contributed by atoms with Crippen molar-refractivity contribution in [3.8, 4) is 0 Å². The Morgan fingerprint density at radius 3 is 2.29 bits per heavy atom. The zero-order valence-electron chi connectivity index (χ0n) is 10.0. The summed E-state index contributed by atoms with van der Waals surface area (Å²) in [7, 11) is 0. The average Bonchev–Trinajstić information content (AvgIpc) is 2.33. The number of hydrogen-bond donors (Lipinski definition) is 2. The molecule has 2 aromatic rings. The molecule has 4 heteroatoms. The van der Waals surface area contributed by atoms with Crippen molar-refractivity contribution in [2.45, 2.75) is 19.8 Å². The molecule has 17 heavy (non-hydrogen) atoms. The molecule has 0 aliphatic carbocycles. The van der Waals surface area contributed by atoms with E-state index in [0.29, 0.717) is 17.6 Å². The molecule has 0 atom stereocenters. The molecule has 88 valence electrons. The number of rotatable bonds is 3. The summed E-state index contributed by atoms with van der Waals surface area (Å²) in [6.45, 7) is 4.35. The number of aromatic nitrogens is 2. The predicted molar refractivity (Wildman–Crippen MR) is 70.3 cm³/mol. The van der Waals surface area contributed by atoms with E-state index < -0.39 is 0 Å². The molecule has 1 aromatic heterocycles. The number of nitrogens with zero attached hydrogens (tertiary/aromatic N) is 2. The standard InChI is InChI=1S/C13H16N4/c1-9(2)10-3-5-11(6-4-10)17-13-8-15-12(14)7-16-13/h3-9H,1-2H3,(H2,14,15)(H,16,17). The van der Waals surface area contributed by atoms with Crippen LogP contribution < -0.4 is 11.1 Å². The van der Waals surface area contributed by atoms with Gasteiger partial charge in [0.05, 0.1) is 12.4 Å². The Morgan fingerprint density at radius 1 is 1.06 bits per heavy atom. The maximum Gasteiger partial charge on any atom is 0.149 e. The lowest BCUT2D eigenvalue weighted by atomic mass is 10.0. The van der Waals surface area contributed by atoms with Crippen LogP contribution in [0.4, 0.5) is 17.3 Å². The summed E-state index contributed by atoms with van der Waals surface area (Å²) in [6.07, 6.45) is 3.15. The molecule has 0 fully saturated rings. The van der Waals surface area contributed by atoms with Crippen LogP contribution in [-0.4, -0.2) is 9.97 Å². The van der Waals surface area contributed by atoms with Crippen LogP contribution in [0, 0.1) is 0 Å². The van der Waals surface area contributed by atoms with Gasteiger partial charge in [-0.05, 0) is 23.6 Å². The summed E-state index contributed by atoms with van der Waals surface area (Å²) in [4.78, 5) is 8.11. The van der Waals surface area contributed by atoms with Gasteiger partial charge in [0.15, 0.2) is 0 Å². The lowest BCUT2D eigenvalue weighted by Gasteiger charge is -2.08. The van der Waals surface area contributed by atoms with E-state index in [1.807, 2.05) is 12.1 Å². The zero-order chi connectivity index (χ0) is 12.3. The van der Waals surface area contributed by atoms with Gasteiger partial charge in [0.2, 0.25) is 0 Å². The summed E-state index contributed by atoms with van der Waals surface area (Å²) < 4.78 is 0. The van der Waals surface area contributed by atoms with Crippen molar-refractivity contribution in [3.63, 3.8) is 0 Å². The maximum absolute atomic E-state index is 5.47. The van der Waals surface area contributed by atoms with Crippen LogP contribution in [0.1, 0.15) is 25.3 Å². The van der Waals surface area contributed by atoms with Crippen molar-refractivity contribution in [3.05, 3.63) is 42.2 Å². The first-order chi connectivity index (χ1) is 8.15. The third-order valence-corrected chi connectivity index (χ3v) is 2.52. The molecule has 4 nitrogen and oxygen atoms in total. The second kappa shape index (κ2) is 4.82. The summed E-state index contributed by atoms with van der Waals surface area (Å²) in [6, 6.07) is 8.29. The molecule has 0 bridgehead atoms. The number of anilines is 3. The van der Waals surface area contributed by atoms with E-state index in [9.17, 15) is 0 Å². The van der Waals surface area contributed by atoms with Crippen LogP contribution in [0.15, 0.2) is 36.7 Å². The second-order valence-electron chi connectivity index (χ2n) is 4.23. The average molecular weight is 228 g/mol. The minimum atomic E-state index is 0.422. The smallest absolute Gasteiger partial charge is 0.149 e. The largest absolute Gasteiger partial charge is 0.382 e. The van der Waals surface area contributed by atoms with Crippen molar-refractivity contribution in [1.29, 1.82) is 0 Å². The summed E-state index contributed by atoms with van der Waals surface area (Å²) in [5, 5.41) is 3.17. The Labute approximate surface area is 101 Å². The molecule has 0 saturated heterocycles. The van der Waals surface area contributed by atoms with Gasteiger partial charge in [-0.2, -0.15) is 0 Å². The van der Waals surface area contributed by atoms with Gasteiger partial charge in [-0.15, -0.1) is 0 Å². The highest BCUT2D eigenvalue weighted by Crippen LogP contribution is 2.19. The molecule has 0 spiro atoms. The molecule has 1 heterocycles. The number of nitrogens with one attached hydrogen (secondary N) is 1. The molecular weight excluding hydrogens is 212 g/mol. The topological polar surface area (TPSA) is 63.8 Å². The molecule has 3 N–H and O–H groups in total. The first-order valence-electron chi connectivity index (χ1n) is 5.59. The summed E-state index contributed by atoms with van der Waals surface area (Å²) >= 11 is 0. The van der Waals surface area contributed by atoms with Crippen LogP contribution in [0.25, 0.3) is 0 Å². The van der Waals surface area contributed by atoms with Crippen molar-refractivity contribution in [1.82, 2.24) is 9.97 Å². The highest BCUT2D eigenvalue weighted by Gasteiger charge is 2.00. The lowest BCUT2D eigenvalue weighted by molar-refractivity contribution is 0.867. The van der Waals surface area contributed by atoms with E-state index in [1.54, 1.807) is 6.20 Å². The van der Waals surface area contributed by atoms with E-state index in [-0.39, 0.29) is 0 Å². The highest BCUT2D eigenvalue weighted by atomic mass is 15.0. The van der Waals surface area contributed by atoms with Crippen LogP contribution in [-0.2, 0) is 0 Å². The Bertz CT molecular complexity index is 474. The fourth-order valence-corrected chi connectivity index (χ4v) is 1.50. The lowest BCUT2D eigenvalue weighted by Crippen LogP contribution is -1.97. The minimum Gasteiger partial charge on any atom is -0.382 e. The van der Waals surface area contributed by atoms with Crippen molar-refractivity contribution in [2.75, 3.05) is 11.1 Å². The SMILES string of the molecule is CC(C)c1ccc(Nc2cnc(N)cn2)cc1. The van der Waals surface area contributed by atoms with Gasteiger partial charge in [-0.25, -0.2) is 9.97 Å². The third kappa shape index (κ3) is 2.93. The van der Waals surface area contributed by atoms with Crippen LogP contribution in [0.5, 0.6) is 0 Å². The van der Waals surface area contributed by atoms with Gasteiger partial charge in [0, 0.05) is 5.69 Å². The molecule has 2 rings (SSSR count). The van der Waals surface area contributed by atoms with Gasteiger partial charge in [0.1, 0.15) is 11.6 Å². The number of nitrogen functional groups attached to an aromatic ring is 1. The molecule has 0 saturated carbocycles. The molecule has 0 aliphatic rings. The molecular formula is C13H16N4. The molecule has 0 aliphatic heterocycles. The Hall–Kier alpha value is -2.10. The quantitative estimate of drug-likeness (QED) is 0.847. The van der Waals surface area contributed by atoms with E-state index in [0.717, 1.165) is 5.69 Å². The first kappa shape index (κ1) is 11.4. The molecule has 0 radical (unpaired) electrons. The fourth-order valence-electron chi connectivity index (χ4n) is 1.50. The highest BCUT2D eigenvalue weighted by molar-refractivity contribution is 5.56. The van der Waals surface area contributed by atoms with Gasteiger partial charge in [-0.3, -0.25) is 0 Å². The van der Waals surface area contributed by atoms with E-state index in [2.05, 4.69) is 41.3 Å². The first-order valence-corrected chi connectivity index (χ1v) is 5.59. The second-order valence-corrected chi connectivity index (χ2v) is 4.23. The Balaban J connectivity index is 2.11. The van der Waals surface area contributed by atoms with Gasteiger partial charge >= 0.3 is 0 Å². The fraction of sp³-hybridized carbons (Fsp3) is 0.231. The van der Waals surface area contributed by atoms with Crippen molar-refractivity contribution in [2.24, 2.45) is 0 Å². The maximum atomic E-state index is 5.47. The summed E-state index contributed by atoms with van der Waals surface area (Å²) in [5.74, 6) is 1.66. The Kier molecular flexibility index (Phi) is 3.23. The van der Waals surface area contributed by atoms with Gasteiger partial charge in [0.25, 0.3) is 0 Å². The normalized spacial score (nSPS) is 10.5. The third-order valence-electron chi connectivity index (χ3n) is 2.52. The van der Waals surface area contributed by atoms with Crippen LogP contribution in [0.2, 0.25) is 0 Å². The Morgan fingerprint density at radius 2 is 1.76 bits per heavy atom. The van der Waals surface area contributed by atoms with Crippen molar-refractivity contribution >= 4 is 17.3 Å². The number of benzene rings is 1. The van der Waals surface area contributed by atoms with E-state index in [1.165, 1.54) is 11.8 Å². The van der Waals surface area contributed by atoms with Crippen LogP contribution in [0.3, 0.4) is 0 Å². The number of nitrogens with two attached hydrogens (primary N) is 1. The zero-order valence-corrected chi connectivity index (χ0v) is 10.0. The number of hydrogen-bond acceptors (Lipinski definition) is 4. The molecule has 1 aromatic carbocycles. The van der Waals surface area contributed by atoms with Gasteiger partial charge < -0.3 is 11.1 Å². The predicted octanol–water partition coefficient (Wildman–Crippen LogP) is 2.93. The monoisotopic (exact) mass is 228 g/mol. The van der Waals surface area contributed by atoms with Crippen LogP contribution >= 0.6 is 0 Å². The molecule has 0 amide bonds. The van der Waals surface area contributed by atoms with Crippen molar-refractivity contribution < 1.29 is 0 Å².